The minimum absolute atomic E-state index is 0.614. The van der Waals surface area contributed by atoms with E-state index < -0.39 is 0 Å². The van der Waals surface area contributed by atoms with Crippen molar-refractivity contribution in [3.63, 3.8) is 0 Å². The quantitative estimate of drug-likeness (QED) is 0.541. The van der Waals surface area contributed by atoms with E-state index in [1.807, 2.05) is 49.4 Å². The number of rotatable bonds is 8. The largest absolute Gasteiger partial charge is 0.494 e. The van der Waals surface area contributed by atoms with Crippen molar-refractivity contribution in [3.8, 4) is 17.2 Å². The fourth-order valence-corrected chi connectivity index (χ4v) is 2.52. The Balaban J connectivity index is 1.44. The zero-order valence-electron chi connectivity index (χ0n) is 13.9. The lowest BCUT2D eigenvalue weighted by molar-refractivity contribution is 0.246. The molecule has 0 aliphatic heterocycles. The van der Waals surface area contributed by atoms with Crippen molar-refractivity contribution in [3.05, 3.63) is 66.7 Å². The predicted molar refractivity (Wildman–Crippen MR) is 97.2 cm³/mol. The predicted octanol–water partition coefficient (Wildman–Crippen LogP) is 5.09. The van der Waals surface area contributed by atoms with Crippen LogP contribution in [0.2, 0.25) is 0 Å². The lowest BCUT2D eigenvalue weighted by Crippen LogP contribution is -2.05. The summed E-state index contributed by atoms with van der Waals surface area (Å²) in [5.41, 5.74) is 0. The monoisotopic (exact) mass is 322 g/mol. The smallest absolute Gasteiger partial charge is 0.122 e. The zero-order chi connectivity index (χ0) is 16.6. The van der Waals surface area contributed by atoms with Gasteiger partial charge in [-0.3, -0.25) is 0 Å². The summed E-state index contributed by atoms with van der Waals surface area (Å²) in [6.45, 7) is 3.87. The highest BCUT2D eigenvalue weighted by Gasteiger charge is 1.99. The lowest BCUT2D eigenvalue weighted by Gasteiger charge is -2.10. The Morgan fingerprint density at radius 1 is 0.625 bits per heavy atom. The van der Waals surface area contributed by atoms with Gasteiger partial charge in [-0.15, -0.1) is 0 Å². The molecule has 0 N–H and O–H groups in total. The van der Waals surface area contributed by atoms with Gasteiger partial charge in [0.15, 0.2) is 0 Å². The van der Waals surface area contributed by atoms with Crippen LogP contribution in [0.4, 0.5) is 0 Å². The Morgan fingerprint density at radius 2 is 1.29 bits per heavy atom. The van der Waals surface area contributed by atoms with E-state index in [9.17, 15) is 0 Å². The summed E-state index contributed by atoms with van der Waals surface area (Å²) < 4.78 is 17.0. The van der Waals surface area contributed by atoms with Gasteiger partial charge in [-0.2, -0.15) is 0 Å². The molecule has 3 rings (SSSR count). The first-order valence-electron chi connectivity index (χ1n) is 8.32. The first kappa shape index (κ1) is 16.2. The maximum atomic E-state index is 5.81. The SMILES string of the molecule is CCOc1cccc(OCCCOc2ccc3ccccc3c2)c1. The highest BCUT2D eigenvalue weighted by Crippen LogP contribution is 2.21. The molecule has 24 heavy (non-hydrogen) atoms. The standard InChI is InChI=1S/C21H22O3/c1-2-22-19-9-5-10-20(16-19)23-13-6-14-24-21-12-11-17-7-3-4-8-18(17)15-21/h3-5,7-12,15-16H,2,6,13-14H2,1H3. The molecule has 0 radical (unpaired) electrons. The van der Waals surface area contributed by atoms with Crippen LogP contribution in [0.1, 0.15) is 13.3 Å². The van der Waals surface area contributed by atoms with Gasteiger partial charge in [-0.05, 0) is 42.0 Å². The summed E-state index contributed by atoms with van der Waals surface area (Å²) in [6, 6.07) is 22.2. The van der Waals surface area contributed by atoms with Crippen molar-refractivity contribution < 1.29 is 14.2 Å². The highest BCUT2D eigenvalue weighted by molar-refractivity contribution is 5.83. The average Bonchev–Trinajstić information content (AvgIpc) is 2.62. The molecule has 0 aromatic heterocycles. The summed E-state index contributed by atoms with van der Waals surface area (Å²) in [4.78, 5) is 0. The van der Waals surface area contributed by atoms with Gasteiger partial charge in [-0.25, -0.2) is 0 Å². The van der Waals surface area contributed by atoms with Crippen molar-refractivity contribution in [2.45, 2.75) is 13.3 Å². The van der Waals surface area contributed by atoms with Gasteiger partial charge in [-0.1, -0.05) is 36.4 Å². The molecular weight excluding hydrogens is 300 g/mol. The Bertz CT molecular complexity index is 783. The van der Waals surface area contributed by atoms with Gasteiger partial charge >= 0.3 is 0 Å². The van der Waals surface area contributed by atoms with Crippen molar-refractivity contribution >= 4 is 10.8 Å². The number of benzene rings is 3. The third kappa shape index (κ3) is 4.42. The zero-order valence-corrected chi connectivity index (χ0v) is 13.9. The van der Waals surface area contributed by atoms with E-state index in [2.05, 4.69) is 24.3 Å². The van der Waals surface area contributed by atoms with E-state index >= 15 is 0 Å². The van der Waals surface area contributed by atoms with Gasteiger partial charge in [0.25, 0.3) is 0 Å². The summed E-state index contributed by atoms with van der Waals surface area (Å²) in [6.07, 6.45) is 0.825. The van der Waals surface area contributed by atoms with Crippen LogP contribution in [0, 0.1) is 0 Å². The van der Waals surface area contributed by atoms with Crippen molar-refractivity contribution in [1.29, 1.82) is 0 Å². The maximum Gasteiger partial charge on any atom is 0.122 e. The van der Waals surface area contributed by atoms with E-state index in [0.29, 0.717) is 19.8 Å². The molecule has 0 saturated heterocycles. The topological polar surface area (TPSA) is 27.7 Å². The van der Waals surface area contributed by atoms with Crippen molar-refractivity contribution in [1.82, 2.24) is 0 Å². The Hall–Kier alpha value is -2.68. The van der Waals surface area contributed by atoms with Crippen molar-refractivity contribution in [2.75, 3.05) is 19.8 Å². The molecule has 3 aromatic rings. The van der Waals surface area contributed by atoms with Crippen molar-refractivity contribution in [2.24, 2.45) is 0 Å². The third-order valence-corrected chi connectivity index (χ3v) is 3.66. The molecule has 3 nitrogen and oxygen atoms in total. The van der Waals surface area contributed by atoms with Crippen LogP contribution in [-0.4, -0.2) is 19.8 Å². The second-order valence-electron chi connectivity index (χ2n) is 5.47. The summed E-state index contributed by atoms with van der Waals surface area (Å²) >= 11 is 0. The van der Waals surface area contributed by atoms with Gasteiger partial charge in [0.2, 0.25) is 0 Å². The van der Waals surface area contributed by atoms with E-state index in [4.69, 9.17) is 14.2 Å². The maximum absolute atomic E-state index is 5.81. The summed E-state index contributed by atoms with van der Waals surface area (Å²) in [7, 11) is 0. The number of ether oxygens (including phenoxy) is 3. The number of hydrogen-bond donors (Lipinski definition) is 0. The van der Waals surface area contributed by atoms with E-state index in [1.54, 1.807) is 0 Å². The molecule has 3 heteroatoms. The van der Waals surface area contributed by atoms with Gasteiger partial charge in [0.1, 0.15) is 17.2 Å². The van der Waals surface area contributed by atoms with Gasteiger partial charge in [0, 0.05) is 12.5 Å². The van der Waals surface area contributed by atoms with Crippen LogP contribution >= 0.6 is 0 Å². The molecule has 3 aromatic carbocycles. The third-order valence-electron chi connectivity index (χ3n) is 3.66. The second-order valence-corrected chi connectivity index (χ2v) is 5.47. The fourth-order valence-electron chi connectivity index (χ4n) is 2.52. The lowest BCUT2D eigenvalue weighted by atomic mass is 10.1. The minimum atomic E-state index is 0.614. The Morgan fingerprint density at radius 3 is 2.04 bits per heavy atom. The molecule has 0 heterocycles. The minimum Gasteiger partial charge on any atom is -0.494 e. The molecule has 0 aliphatic rings. The molecule has 0 atom stereocenters. The Kier molecular flexibility index (Phi) is 5.56. The second kappa shape index (κ2) is 8.25. The molecule has 0 unspecified atom stereocenters. The molecule has 0 saturated carbocycles. The van der Waals surface area contributed by atoms with Crippen LogP contribution in [0.3, 0.4) is 0 Å². The molecule has 0 bridgehead atoms. The summed E-state index contributed by atoms with van der Waals surface area (Å²) in [5.74, 6) is 2.56. The van der Waals surface area contributed by atoms with E-state index in [0.717, 1.165) is 23.7 Å². The number of hydrogen-bond acceptors (Lipinski definition) is 3. The Labute approximate surface area is 142 Å². The van der Waals surface area contributed by atoms with Crippen LogP contribution in [-0.2, 0) is 0 Å². The normalized spacial score (nSPS) is 10.5. The fraction of sp³-hybridized carbons (Fsp3) is 0.238. The first-order valence-corrected chi connectivity index (χ1v) is 8.32. The summed E-state index contributed by atoms with van der Waals surface area (Å²) in [5, 5.41) is 2.42. The molecule has 124 valence electrons. The highest BCUT2D eigenvalue weighted by atomic mass is 16.5. The van der Waals surface area contributed by atoms with Crippen LogP contribution in [0.15, 0.2) is 66.7 Å². The number of fused-ring (bicyclic) bond motifs is 1. The van der Waals surface area contributed by atoms with Crippen LogP contribution in [0.25, 0.3) is 10.8 Å². The molecule has 0 spiro atoms. The van der Waals surface area contributed by atoms with Crippen LogP contribution in [0.5, 0.6) is 17.2 Å². The van der Waals surface area contributed by atoms with E-state index in [-0.39, 0.29) is 0 Å². The molecule has 0 aliphatic carbocycles. The van der Waals surface area contributed by atoms with Gasteiger partial charge in [0.05, 0.1) is 19.8 Å². The van der Waals surface area contributed by atoms with Gasteiger partial charge < -0.3 is 14.2 Å². The molecule has 0 amide bonds. The average molecular weight is 322 g/mol. The molecular formula is C21H22O3. The van der Waals surface area contributed by atoms with E-state index in [1.165, 1.54) is 10.8 Å². The first-order chi connectivity index (χ1) is 11.8. The van der Waals surface area contributed by atoms with Crippen LogP contribution < -0.4 is 14.2 Å². The molecule has 0 fully saturated rings.